The monoisotopic (exact) mass is 525 g/mol. The molecule has 2 atom stereocenters. The summed E-state index contributed by atoms with van der Waals surface area (Å²) in [6, 6.07) is 8.50. The van der Waals surface area contributed by atoms with Gasteiger partial charge >= 0.3 is 11.1 Å². The third kappa shape index (κ3) is 3.71. The van der Waals surface area contributed by atoms with Crippen molar-refractivity contribution in [3.63, 3.8) is 0 Å². The number of nitrogens with zero attached hydrogens (tertiary/aromatic N) is 1. The van der Waals surface area contributed by atoms with Crippen molar-refractivity contribution in [1.29, 1.82) is 0 Å². The van der Waals surface area contributed by atoms with E-state index in [2.05, 4.69) is 10.3 Å². The number of methoxy groups -OCH3 is 2. The molecular formula is C26H24ClN3O7. The first kappa shape index (κ1) is 24.6. The molecule has 0 saturated heterocycles. The summed E-state index contributed by atoms with van der Waals surface area (Å²) in [6.45, 7) is 2.22. The molecule has 192 valence electrons. The number of halogens is 1. The summed E-state index contributed by atoms with van der Waals surface area (Å²) in [4.78, 5) is 54.1. The van der Waals surface area contributed by atoms with Gasteiger partial charge in [0.15, 0.2) is 5.75 Å². The number of carbonyl (C=O) groups excluding carboxylic acids is 2. The van der Waals surface area contributed by atoms with Crippen LogP contribution in [0.3, 0.4) is 0 Å². The summed E-state index contributed by atoms with van der Waals surface area (Å²) in [5.74, 6) is -1.04. The molecule has 0 bridgehead atoms. The minimum absolute atomic E-state index is 0.0634. The van der Waals surface area contributed by atoms with Crippen molar-refractivity contribution in [2.24, 2.45) is 5.92 Å². The predicted octanol–water partition coefficient (Wildman–Crippen LogP) is 2.46. The summed E-state index contributed by atoms with van der Waals surface area (Å²) >= 11 is 6.42. The van der Waals surface area contributed by atoms with Gasteiger partial charge in [0.05, 0.1) is 25.3 Å². The quantitative estimate of drug-likeness (QED) is 0.371. The zero-order valence-electron chi connectivity index (χ0n) is 20.3. The standard InChI is InChI=1S/C26H24ClN3O7/c1-13-10-14(28-8-9-30-16-7-5-4-6-15(16)29-24(33)25(30)34)11-19(31)26(13)23(32)20-17(35-2)12-18(36-3)21(27)22(20)37-26/h4-7,11-13,28H,8-10H2,1-3H3,(H,29,33). The maximum atomic E-state index is 13.6. The lowest BCUT2D eigenvalue weighted by molar-refractivity contribution is -0.129. The Morgan fingerprint density at radius 3 is 2.59 bits per heavy atom. The number of fused-ring (bicyclic) bond motifs is 2. The Hall–Kier alpha value is -4.05. The first-order valence-corrected chi connectivity index (χ1v) is 12.0. The van der Waals surface area contributed by atoms with Gasteiger partial charge in [-0.2, -0.15) is 0 Å². The molecule has 10 nitrogen and oxygen atoms in total. The van der Waals surface area contributed by atoms with E-state index in [9.17, 15) is 19.2 Å². The van der Waals surface area contributed by atoms with Crippen molar-refractivity contribution in [2.45, 2.75) is 25.5 Å². The normalized spacial score (nSPS) is 20.5. The van der Waals surface area contributed by atoms with Crippen molar-refractivity contribution in [3.05, 3.63) is 73.4 Å². The molecule has 2 unspecified atom stereocenters. The lowest BCUT2D eigenvalue weighted by Gasteiger charge is -2.35. The molecular weight excluding hydrogens is 502 g/mol. The van der Waals surface area contributed by atoms with Crippen LogP contribution in [-0.2, 0) is 11.3 Å². The van der Waals surface area contributed by atoms with Crippen molar-refractivity contribution in [2.75, 3.05) is 20.8 Å². The number of allylic oxidation sites excluding steroid dienone is 1. The smallest absolute Gasteiger partial charge is 0.316 e. The highest BCUT2D eigenvalue weighted by molar-refractivity contribution is 6.36. The highest BCUT2D eigenvalue weighted by Gasteiger charge is 2.60. The Kier molecular flexibility index (Phi) is 6.07. The zero-order valence-corrected chi connectivity index (χ0v) is 21.1. The van der Waals surface area contributed by atoms with Gasteiger partial charge in [-0.1, -0.05) is 30.7 Å². The molecule has 2 aliphatic rings. The number of ether oxygens (including phenoxy) is 3. The van der Waals surface area contributed by atoms with Gasteiger partial charge in [-0.25, -0.2) is 0 Å². The Labute approximate surface area is 215 Å². The van der Waals surface area contributed by atoms with E-state index in [1.54, 1.807) is 31.2 Å². The molecule has 1 aliphatic carbocycles. The van der Waals surface area contributed by atoms with Crippen molar-refractivity contribution in [3.8, 4) is 17.2 Å². The summed E-state index contributed by atoms with van der Waals surface area (Å²) in [7, 11) is 2.83. The highest BCUT2D eigenvalue weighted by Crippen LogP contribution is 2.52. The zero-order chi connectivity index (χ0) is 26.5. The molecule has 0 amide bonds. The van der Waals surface area contributed by atoms with Crippen molar-refractivity contribution in [1.82, 2.24) is 14.9 Å². The van der Waals surface area contributed by atoms with E-state index in [-0.39, 0.29) is 40.9 Å². The van der Waals surface area contributed by atoms with Gasteiger partial charge in [-0.05, 0) is 18.6 Å². The fraction of sp³-hybridized carbons (Fsp3) is 0.308. The van der Waals surface area contributed by atoms with Gasteiger partial charge < -0.3 is 29.1 Å². The van der Waals surface area contributed by atoms with Crippen LogP contribution in [0, 0.1) is 5.92 Å². The van der Waals surface area contributed by atoms with Crippen LogP contribution in [0.5, 0.6) is 17.2 Å². The largest absolute Gasteiger partial charge is 0.496 e. The second kappa shape index (κ2) is 9.11. The molecule has 5 rings (SSSR count). The number of hydrogen-bond acceptors (Lipinski definition) is 8. The van der Waals surface area contributed by atoms with E-state index in [0.29, 0.717) is 23.2 Å². The molecule has 37 heavy (non-hydrogen) atoms. The molecule has 1 aliphatic heterocycles. The first-order valence-electron chi connectivity index (χ1n) is 11.6. The van der Waals surface area contributed by atoms with Crippen LogP contribution in [0.25, 0.3) is 11.0 Å². The Bertz CT molecular complexity index is 1610. The predicted molar refractivity (Wildman–Crippen MR) is 136 cm³/mol. The van der Waals surface area contributed by atoms with Crippen molar-refractivity contribution >= 4 is 34.2 Å². The third-order valence-corrected chi connectivity index (χ3v) is 7.24. The number of rotatable bonds is 6. The molecule has 0 radical (unpaired) electrons. The third-order valence-electron chi connectivity index (χ3n) is 6.88. The van der Waals surface area contributed by atoms with E-state index in [0.717, 1.165) is 0 Å². The Morgan fingerprint density at radius 1 is 1.16 bits per heavy atom. The summed E-state index contributed by atoms with van der Waals surface area (Å²) in [5, 5.41) is 3.26. The Balaban J connectivity index is 1.40. The number of carbonyl (C=O) groups is 2. The van der Waals surface area contributed by atoms with Crippen LogP contribution >= 0.6 is 11.6 Å². The van der Waals surface area contributed by atoms with Gasteiger partial charge in [0.25, 0.3) is 0 Å². The molecule has 2 aromatic carbocycles. The number of benzene rings is 2. The molecule has 2 N–H and O–H groups in total. The van der Waals surface area contributed by atoms with Gasteiger partial charge in [0.2, 0.25) is 17.2 Å². The van der Waals surface area contributed by atoms with E-state index in [1.807, 2.05) is 0 Å². The molecule has 1 aromatic heterocycles. The van der Waals surface area contributed by atoms with Crippen molar-refractivity contribution < 1.29 is 23.8 Å². The van der Waals surface area contributed by atoms with Crippen LogP contribution in [0.2, 0.25) is 5.02 Å². The molecule has 0 saturated carbocycles. The maximum absolute atomic E-state index is 13.6. The number of aromatic amines is 1. The maximum Gasteiger partial charge on any atom is 0.316 e. The molecule has 0 fully saturated rings. The van der Waals surface area contributed by atoms with Gasteiger partial charge in [-0.3, -0.25) is 19.2 Å². The average molecular weight is 526 g/mol. The van der Waals surface area contributed by atoms with Crippen LogP contribution in [0.1, 0.15) is 23.7 Å². The fourth-order valence-electron chi connectivity index (χ4n) is 5.02. The number of hydrogen-bond donors (Lipinski definition) is 2. The van der Waals surface area contributed by atoms with E-state index < -0.39 is 34.2 Å². The minimum atomic E-state index is -1.77. The molecule has 2 heterocycles. The fourth-order valence-corrected chi connectivity index (χ4v) is 5.29. The van der Waals surface area contributed by atoms with E-state index >= 15 is 0 Å². The number of aromatic nitrogens is 2. The number of ketones is 2. The topological polar surface area (TPSA) is 129 Å². The van der Waals surface area contributed by atoms with Gasteiger partial charge in [0, 0.05) is 36.8 Å². The summed E-state index contributed by atoms with van der Waals surface area (Å²) in [5.41, 5.74) is -1.28. The second-order valence-electron chi connectivity index (χ2n) is 8.96. The second-order valence-corrected chi connectivity index (χ2v) is 9.34. The Morgan fingerprint density at radius 2 is 1.89 bits per heavy atom. The lowest BCUT2D eigenvalue weighted by atomic mass is 9.74. The van der Waals surface area contributed by atoms with Crippen LogP contribution in [-0.4, -0.2) is 47.5 Å². The number of para-hydroxylation sites is 2. The lowest BCUT2D eigenvalue weighted by Crippen LogP contribution is -2.55. The molecule has 3 aromatic rings. The first-order chi connectivity index (χ1) is 17.7. The highest BCUT2D eigenvalue weighted by atomic mass is 35.5. The van der Waals surface area contributed by atoms with E-state index in [1.165, 1.54) is 30.9 Å². The molecule has 11 heteroatoms. The van der Waals surface area contributed by atoms with Gasteiger partial charge in [-0.15, -0.1) is 0 Å². The minimum Gasteiger partial charge on any atom is -0.496 e. The number of nitrogens with one attached hydrogen (secondary N) is 2. The average Bonchev–Trinajstić information content (AvgIpc) is 3.20. The van der Waals surface area contributed by atoms with Crippen LogP contribution in [0.4, 0.5) is 0 Å². The SMILES string of the molecule is COc1cc(OC)c2c(c1Cl)OC1(C(=O)C=C(NCCn3c(=O)c(=O)[nH]c4ccccc43)CC1C)C2=O. The molecule has 1 spiro atoms. The number of Topliss-reactive ketones (excluding diaryl/α,β-unsaturated/α-hetero) is 1. The van der Waals surface area contributed by atoms with E-state index in [4.69, 9.17) is 25.8 Å². The summed E-state index contributed by atoms with van der Waals surface area (Å²) < 4.78 is 18.1. The van der Waals surface area contributed by atoms with Crippen LogP contribution < -0.4 is 30.6 Å². The number of H-pyrrole nitrogens is 1. The summed E-state index contributed by atoms with van der Waals surface area (Å²) in [6.07, 6.45) is 1.67. The van der Waals surface area contributed by atoms with Gasteiger partial charge in [0.1, 0.15) is 22.1 Å². The van der Waals surface area contributed by atoms with Crippen LogP contribution in [0.15, 0.2) is 51.7 Å².